The van der Waals surface area contributed by atoms with Crippen LogP contribution < -0.4 is 9.47 Å². The summed E-state index contributed by atoms with van der Waals surface area (Å²) >= 11 is 0. The van der Waals surface area contributed by atoms with Crippen molar-refractivity contribution in [2.45, 2.75) is 26.6 Å². The Labute approximate surface area is 130 Å². The maximum absolute atomic E-state index is 12.1. The van der Waals surface area contributed by atoms with Crippen molar-refractivity contribution in [1.82, 2.24) is 0 Å². The standard InChI is InChI=1S/C16H22O6/c1-5-19-12-9-11(16(3)21-7-8-22-16)10-13(20-6-2)14(12)15(17)18-4/h9-10H,5-8H2,1-4H3. The third-order valence-electron chi connectivity index (χ3n) is 3.42. The molecule has 1 aromatic rings. The fourth-order valence-electron chi connectivity index (χ4n) is 2.38. The molecule has 6 nitrogen and oxygen atoms in total. The molecule has 6 heteroatoms. The number of carbonyl (C=O) groups excluding carboxylic acids is 1. The van der Waals surface area contributed by atoms with Gasteiger partial charge in [0.25, 0.3) is 0 Å². The van der Waals surface area contributed by atoms with Crippen LogP contribution in [0.25, 0.3) is 0 Å². The zero-order valence-corrected chi connectivity index (χ0v) is 13.4. The van der Waals surface area contributed by atoms with Crippen molar-refractivity contribution < 1.29 is 28.5 Å². The molecule has 0 bridgehead atoms. The van der Waals surface area contributed by atoms with Gasteiger partial charge in [0.15, 0.2) is 5.79 Å². The molecule has 1 heterocycles. The molecule has 0 unspecified atom stereocenters. The van der Waals surface area contributed by atoms with Crippen LogP contribution in [0.4, 0.5) is 0 Å². The van der Waals surface area contributed by atoms with Gasteiger partial charge in [0.05, 0.1) is 33.5 Å². The maximum Gasteiger partial charge on any atom is 0.345 e. The molecule has 22 heavy (non-hydrogen) atoms. The van der Waals surface area contributed by atoms with Crippen molar-refractivity contribution in [2.24, 2.45) is 0 Å². The Bertz CT molecular complexity index is 506. The Kier molecular flexibility index (Phi) is 5.26. The van der Waals surface area contributed by atoms with Gasteiger partial charge in [0.1, 0.15) is 17.1 Å². The Morgan fingerprint density at radius 1 is 1.14 bits per heavy atom. The smallest absolute Gasteiger partial charge is 0.345 e. The maximum atomic E-state index is 12.1. The molecule has 1 aliphatic heterocycles. The minimum absolute atomic E-state index is 0.275. The van der Waals surface area contributed by atoms with E-state index in [2.05, 4.69) is 0 Å². The van der Waals surface area contributed by atoms with Gasteiger partial charge in [-0.25, -0.2) is 4.79 Å². The number of ether oxygens (including phenoxy) is 5. The highest BCUT2D eigenvalue weighted by Gasteiger charge is 2.35. The molecule has 0 saturated carbocycles. The summed E-state index contributed by atoms with van der Waals surface area (Å²) in [5.74, 6) is -0.574. The Morgan fingerprint density at radius 2 is 1.64 bits per heavy atom. The van der Waals surface area contributed by atoms with Crippen molar-refractivity contribution in [3.05, 3.63) is 23.3 Å². The number of carbonyl (C=O) groups is 1. The van der Waals surface area contributed by atoms with Gasteiger partial charge in [0, 0.05) is 5.56 Å². The lowest BCUT2D eigenvalue weighted by Gasteiger charge is -2.25. The zero-order chi connectivity index (χ0) is 16.2. The SMILES string of the molecule is CCOc1cc(C2(C)OCCO2)cc(OCC)c1C(=O)OC. The van der Waals surface area contributed by atoms with Gasteiger partial charge < -0.3 is 23.7 Å². The van der Waals surface area contributed by atoms with Crippen LogP contribution in [0, 0.1) is 0 Å². The van der Waals surface area contributed by atoms with E-state index >= 15 is 0 Å². The van der Waals surface area contributed by atoms with Crippen LogP contribution in [-0.2, 0) is 20.0 Å². The van der Waals surface area contributed by atoms with E-state index in [0.717, 1.165) is 5.56 Å². The molecule has 122 valence electrons. The van der Waals surface area contributed by atoms with Crippen molar-refractivity contribution in [2.75, 3.05) is 33.5 Å². The van der Waals surface area contributed by atoms with Crippen molar-refractivity contribution >= 4 is 5.97 Å². The molecule has 2 rings (SSSR count). The summed E-state index contributed by atoms with van der Waals surface area (Å²) in [6.07, 6.45) is 0. The van der Waals surface area contributed by atoms with Crippen LogP contribution >= 0.6 is 0 Å². The summed E-state index contributed by atoms with van der Waals surface area (Å²) in [6, 6.07) is 3.48. The molecule has 0 radical (unpaired) electrons. The third-order valence-corrected chi connectivity index (χ3v) is 3.42. The predicted octanol–water partition coefficient (Wildman–Crippen LogP) is 2.49. The molecule has 0 N–H and O–H groups in total. The lowest BCUT2D eigenvalue weighted by atomic mass is 10.0. The zero-order valence-electron chi connectivity index (χ0n) is 13.4. The molecular weight excluding hydrogens is 288 g/mol. The Hall–Kier alpha value is -1.79. The first-order valence-electron chi connectivity index (χ1n) is 7.36. The van der Waals surface area contributed by atoms with Crippen molar-refractivity contribution in [3.63, 3.8) is 0 Å². The van der Waals surface area contributed by atoms with Gasteiger partial charge >= 0.3 is 5.97 Å². The average molecular weight is 310 g/mol. The van der Waals surface area contributed by atoms with E-state index < -0.39 is 11.8 Å². The normalized spacial score (nSPS) is 16.4. The van der Waals surface area contributed by atoms with E-state index in [9.17, 15) is 4.79 Å². The quantitative estimate of drug-likeness (QED) is 0.752. The second-order valence-electron chi connectivity index (χ2n) is 4.85. The van der Waals surface area contributed by atoms with E-state index in [0.29, 0.717) is 37.9 Å². The predicted molar refractivity (Wildman–Crippen MR) is 79.4 cm³/mol. The average Bonchev–Trinajstić information content (AvgIpc) is 2.95. The van der Waals surface area contributed by atoms with Crippen LogP contribution in [0.1, 0.15) is 36.7 Å². The monoisotopic (exact) mass is 310 g/mol. The summed E-state index contributed by atoms with van der Waals surface area (Å²) < 4.78 is 27.4. The first kappa shape index (κ1) is 16.6. The fraction of sp³-hybridized carbons (Fsp3) is 0.562. The highest BCUT2D eigenvalue weighted by Crippen LogP contribution is 2.39. The molecule has 0 spiro atoms. The van der Waals surface area contributed by atoms with E-state index in [1.807, 2.05) is 20.8 Å². The number of hydrogen-bond donors (Lipinski definition) is 0. The highest BCUT2D eigenvalue weighted by atomic mass is 16.7. The summed E-state index contributed by atoms with van der Waals surface area (Å²) in [7, 11) is 1.33. The molecule has 1 aromatic carbocycles. The third kappa shape index (κ3) is 3.18. The topological polar surface area (TPSA) is 63.2 Å². The lowest BCUT2D eigenvalue weighted by molar-refractivity contribution is -0.149. The second kappa shape index (κ2) is 6.98. The first-order chi connectivity index (χ1) is 10.6. The van der Waals surface area contributed by atoms with E-state index in [-0.39, 0.29) is 5.56 Å². The van der Waals surface area contributed by atoms with E-state index in [4.69, 9.17) is 23.7 Å². The number of rotatable bonds is 6. The van der Waals surface area contributed by atoms with Crippen molar-refractivity contribution in [3.8, 4) is 11.5 Å². The summed E-state index contributed by atoms with van der Waals surface area (Å²) in [6.45, 7) is 7.39. The number of esters is 1. The molecule has 0 amide bonds. The van der Waals surface area contributed by atoms with Crippen LogP contribution in [0.3, 0.4) is 0 Å². The fourth-order valence-corrected chi connectivity index (χ4v) is 2.38. The van der Waals surface area contributed by atoms with E-state index in [1.165, 1.54) is 7.11 Å². The van der Waals surface area contributed by atoms with Crippen LogP contribution in [-0.4, -0.2) is 39.5 Å². The second-order valence-corrected chi connectivity index (χ2v) is 4.85. The van der Waals surface area contributed by atoms with Gasteiger partial charge in [-0.05, 0) is 32.9 Å². The highest BCUT2D eigenvalue weighted by molar-refractivity contribution is 5.95. The molecule has 0 aliphatic carbocycles. The largest absolute Gasteiger partial charge is 0.493 e. The number of hydrogen-bond acceptors (Lipinski definition) is 6. The Morgan fingerprint density at radius 3 is 2.05 bits per heavy atom. The number of benzene rings is 1. The molecule has 1 fully saturated rings. The molecule has 1 aliphatic rings. The summed E-state index contributed by atoms with van der Waals surface area (Å²) in [5, 5.41) is 0. The molecule has 0 aromatic heterocycles. The van der Waals surface area contributed by atoms with Gasteiger partial charge in [-0.15, -0.1) is 0 Å². The number of methoxy groups -OCH3 is 1. The lowest BCUT2D eigenvalue weighted by Crippen LogP contribution is -2.23. The van der Waals surface area contributed by atoms with Crippen LogP contribution in [0.15, 0.2) is 12.1 Å². The van der Waals surface area contributed by atoms with Gasteiger partial charge in [-0.1, -0.05) is 0 Å². The summed E-state index contributed by atoms with van der Waals surface area (Å²) in [4.78, 5) is 12.1. The van der Waals surface area contributed by atoms with Gasteiger partial charge in [-0.2, -0.15) is 0 Å². The van der Waals surface area contributed by atoms with E-state index in [1.54, 1.807) is 12.1 Å². The molecule has 1 saturated heterocycles. The van der Waals surface area contributed by atoms with Gasteiger partial charge in [-0.3, -0.25) is 0 Å². The molecule has 0 atom stereocenters. The molecular formula is C16H22O6. The van der Waals surface area contributed by atoms with Gasteiger partial charge in [0.2, 0.25) is 0 Å². The minimum Gasteiger partial charge on any atom is -0.493 e. The Balaban J connectivity index is 2.56. The summed E-state index contributed by atoms with van der Waals surface area (Å²) in [5.41, 5.74) is 1.01. The minimum atomic E-state index is -0.869. The van der Waals surface area contributed by atoms with Crippen molar-refractivity contribution in [1.29, 1.82) is 0 Å². The first-order valence-corrected chi connectivity index (χ1v) is 7.36. The van der Waals surface area contributed by atoms with Crippen LogP contribution in [0.5, 0.6) is 11.5 Å². The van der Waals surface area contributed by atoms with Crippen LogP contribution in [0.2, 0.25) is 0 Å².